The van der Waals surface area contributed by atoms with E-state index in [-0.39, 0.29) is 7.43 Å². The third kappa shape index (κ3) is 7.53. The van der Waals surface area contributed by atoms with Crippen LogP contribution in [0.5, 0.6) is 0 Å². The van der Waals surface area contributed by atoms with Crippen molar-refractivity contribution in [2.75, 3.05) is 0 Å². The van der Waals surface area contributed by atoms with Crippen LogP contribution in [0.15, 0.2) is 30.8 Å². The third-order valence-electron chi connectivity index (χ3n) is 3.52. The molecule has 0 radical (unpaired) electrons. The second kappa shape index (κ2) is 13.0. The number of unbranched alkanes of at least 4 members (excludes halogenated alkanes) is 2. The van der Waals surface area contributed by atoms with Crippen LogP contribution in [0.4, 0.5) is 0 Å². The Morgan fingerprint density at radius 1 is 1.05 bits per heavy atom. The van der Waals surface area contributed by atoms with Gasteiger partial charge in [-0.05, 0) is 36.8 Å². The first kappa shape index (κ1) is 21.3. The quantitative estimate of drug-likeness (QED) is 0.453. The summed E-state index contributed by atoms with van der Waals surface area (Å²) in [4.78, 5) is 0. The highest BCUT2D eigenvalue weighted by atomic mass is 14.1. The molecule has 0 fully saturated rings. The number of allylic oxidation sites excluding steroid dienone is 1. The van der Waals surface area contributed by atoms with Crippen LogP contribution in [0, 0.1) is 0 Å². The van der Waals surface area contributed by atoms with Gasteiger partial charge in [0, 0.05) is 0 Å². The largest absolute Gasteiger partial charge is 0.0955 e. The second-order valence-electron chi connectivity index (χ2n) is 5.00. The molecule has 0 saturated carbocycles. The molecule has 1 rings (SSSR count). The Kier molecular flexibility index (Phi) is 13.8. The Labute approximate surface area is 128 Å². The van der Waals surface area contributed by atoms with E-state index in [1.54, 1.807) is 0 Å². The van der Waals surface area contributed by atoms with Crippen LogP contribution in [0.1, 0.15) is 91.2 Å². The molecule has 0 aliphatic carbocycles. The first-order valence-electron chi connectivity index (χ1n) is 7.94. The lowest BCUT2D eigenvalue weighted by Crippen LogP contribution is -1.97. The molecule has 1 atom stereocenters. The Morgan fingerprint density at radius 3 is 2.00 bits per heavy atom. The van der Waals surface area contributed by atoms with Gasteiger partial charge in [0.1, 0.15) is 0 Å². The van der Waals surface area contributed by atoms with Crippen molar-refractivity contribution >= 4 is 5.57 Å². The van der Waals surface area contributed by atoms with Gasteiger partial charge in [-0.15, -0.1) is 0 Å². The monoisotopic (exact) mass is 276 g/mol. The second-order valence-corrected chi connectivity index (χ2v) is 5.00. The highest BCUT2D eigenvalue weighted by Crippen LogP contribution is 2.26. The number of hydrogen-bond acceptors (Lipinski definition) is 0. The predicted molar refractivity (Wildman–Crippen MR) is 96.4 cm³/mol. The minimum absolute atomic E-state index is 0. The molecule has 0 heterocycles. The molecule has 116 valence electrons. The van der Waals surface area contributed by atoms with E-state index >= 15 is 0 Å². The van der Waals surface area contributed by atoms with E-state index in [1.807, 2.05) is 13.8 Å². The van der Waals surface area contributed by atoms with Crippen molar-refractivity contribution in [2.45, 2.75) is 80.1 Å². The molecule has 0 aliphatic rings. The van der Waals surface area contributed by atoms with Gasteiger partial charge in [-0.1, -0.05) is 90.8 Å². The minimum atomic E-state index is 0. The maximum atomic E-state index is 3.98. The lowest BCUT2D eigenvalue weighted by Gasteiger charge is -2.15. The molecular formula is C20H36. The fourth-order valence-corrected chi connectivity index (χ4v) is 2.29. The fourth-order valence-electron chi connectivity index (χ4n) is 2.29. The van der Waals surface area contributed by atoms with E-state index in [1.165, 1.54) is 43.2 Å². The zero-order valence-electron chi connectivity index (χ0n) is 13.6. The van der Waals surface area contributed by atoms with Gasteiger partial charge in [0.25, 0.3) is 0 Å². The molecule has 0 N–H and O–H groups in total. The van der Waals surface area contributed by atoms with E-state index in [4.69, 9.17) is 0 Å². The summed E-state index contributed by atoms with van der Waals surface area (Å²) >= 11 is 0. The summed E-state index contributed by atoms with van der Waals surface area (Å²) in [6.45, 7) is 14.6. The number of hydrogen-bond donors (Lipinski definition) is 0. The third-order valence-corrected chi connectivity index (χ3v) is 3.52. The molecule has 1 unspecified atom stereocenters. The first-order valence-corrected chi connectivity index (χ1v) is 7.94. The smallest absolute Gasteiger partial charge is 0.0165 e. The van der Waals surface area contributed by atoms with Crippen molar-refractivity contribution in [3.63, 3.8) is 0 Å². The van der Waals surface area contributed by atoms with Crippen LogP contribution in [-0.2, 0) is 0 Å². The van der Waals surface area contributed by atoms with Gasteiger partial charge in [0.15, 0.2) is 0 Å². The Bertz CT molecular complexity index is 332. The average Bonchev–Trinajstić information content (AvgIpc) is 2.46. The molecule has 0 saturated heterocycles. The molecule has 0 nitrogen and oxygen atoms in total. The topological polar surface area (TPSA) is 0 Å². The van der Waals surface area contributed by atoms with Crippen molar-refractivity contribution in [2.24, 2.45) is 0 Å². The van der Waals surface area contributed by atoms with Crippen LogP contribution in [0.3, 0.4) is 0 Å². The molecule has 1 aromatic carbocycles. The van der Waals surface area contributed by atoms with Gasteiger partial charge in [0.05, 0.1) is 0 Å². The highest BCUT2D eigenvalue weighted by molar-refractivity contribution is 5.61. The van der Waals surface area contributed by atoms with Crippen molar-refractivity contribution in [3.8, 4) is 0 Å². The zero-order valence-corrected chi connectivity index (χ0v) is 13.6. The maximum absolute atomic E-state index is 3.98. The van der Waals surface area contributed by atoms with Crippen molar-refractivity contribution in [1.29, 1.82) is 0 Å². The summed E-state index contributed by atoms with van der Waals surface area (Å²) in [7, 11) is 0. The normalized spacial score (nSPS) is 10.8. The van der Waals surface area contributed by atoms with Crippen molar-refractivity contribution in [1.82, 2.24) is 0 Å². The fraction of sp³-hybridized carbons (Fsp3) is 0.600. The van der Waals surface area contributed by atoms with E-state index in [0.717, 1.165) is 11.5 Å². The lowest BCUT2D eigenvalue weighted by atomic mass is 9.90. The van der Waals surface area contributed by atoms with E-state index in [9.17, 15) is 0 Å². The van der Waals surface area contributed by atoms with Gasteiger partial charge < -0.3 is 0 Å². The summed E-state index contributed by atoms with van der Waals surface area (Å²) < 4.78 is 0. The average molecular weight is 277 g/mol. The van der Waals surface area contributed by atoms with Crippen LogP contribution < -0.4 is 0 Å². The van der Waals surface area contributed by atoms with Crippen LogP contribution in [-0.4, -0.2) is 0 Å². The summed E-state index contributed by atoms with van der Waals surface area (Å²) in [5.41, 5.74) is 3.90. The molecule has 20 heavy (non-hydrogen) atoms. The predicted octanol–water partition coefficient (Wildman–Crippen LogP) is 7.46. The molecule has 0 aliphatic heterocycles. The number of benzene rings is 1. The maximum Gasteiger partial charge on any atom is -0.0165 e. The Balaban J connectivity index is 0. The van der Waals surface area contributed by atoms with Crippen molar-refractivity contribution in [3.05, 3.63) is 42.0 Å². The molecule has 0 spiro atoms. The van der Waals surface area contributed by atoms with Crippen LogP contribution in [0.25, 0.3) is 5.57 Å². The summed E-state index contributed by atoms with van der Waals surface area (Å²) in [6, 6.07) is 8.98. The lowest BCUT2D eigenvalue weighted by molar-refractivity contribution is 0.553. The van der Waals surface area contributed by atoms with E-state index < -0.39 is 0 Å². The van der Waals surface area contributed by atoms with Gasteiger partial charge in [-0.2, -0.15) is 0 Å². The number of rotatable bonds is 7. The van der Waals surface area contributed by atoms with Gasteiger partial charge in [0.2, 0.25) is 0 Å². The van der Waals surface area contributed by atoms with Gasteiger partial charge >= 0.3 is 0 Å². The molecule has 0 amide bonds. The zero-order chi connectivity index (χ0) is 14.7. The van der Waals surface area contributed by atoms with Gasteiger partial charge in [-0.3, -0.25) is 0 Å². The Morgan fingerprint density at radius 2 is 1.60 bits per heavy atom. The Hall–Kier alpha value is -1.04. The van der Waals surface area contributed by atoms with Crippen molar-refractivity contribution < 1.29 is 0 Å². The summed E-state index contributed by atoms with van der Waals surface area (Å²) in [6.07, 6.45) is 6.61. The SMILES string of the molecule is C.C=C(C)c1ccc(C(CC)CCCCC)cc1.CC. The van der Waals surface area contributed by atoms with Crippen LogP contribution in [0.2, 0.25) is 0 Å². The van der Waals surface area contributed by atoms with E-state index in [0.29, 0.717) is 0 Å². The molecule has 0 bridgehead atoms. The highest BCUT2D eigenvalue weighted by Gasteiger charge is 2.08. The molecule has 1 aromatic rings. The molecule has 0 aromatic heterocycles. The minimum Gasteiger partial charge on any atom is -0.0955 e. The molecule has 0 heteroatoms. The van der Waals surface area contributed by atoms with Gasteiger partial charge in [-0.25, -0.2) is 0 Å². The molecular weight excluding hydrogens is 240 g/mol. The van der Waals surface area contributed by atoms with Crippen LogP contribution >= 0.6 is 0 Å². The summed E-state index contributed by atoms with van der Waals surface area (Å²) in [5, 5.41) is 0. The summed E-state index contributed by atoms with van der Waals surface area (Å²) in [5.74, 6) is 0.737. The first-order chi connectivity index (χ1) is 9.19. The standard InChI is InChI=1S/C17H26.C2H6.CH4/c1-5-7-8-9-15(6-2)17-12-10-16(11-13-17)14(3)4;1-2;/h10-13,15H,3,5-9H2,1-2,4H3;1-2H3;1H4. The van der Waals surface area contributed by atoms with E-state index in [2.05, 4.69) is 51.6 Å².